The quantitative estimate of drug-likeness (QED) is 0.487. The normalized spacial score (nSPS) is 18.4. The Balaban J connectivity index is 0.00000280. The molecule has 1 heterocycles. The predicted molar refractivity (Wildman–Crippen MR) is 110 cm³/mol. The number of β-amino-alcohol motifs (C(OH)–C–C–N with tert-alkyl or cyclic N) is 1. The number of carbonyl (C=O) groups is 1. The number of nitro benzene ring substituents is 1. The molecule has 1 fully saturated rings. The van der Waals surface area contributed by atoms with E-state index in [0.717, 1.165) is 10.5 Å². The Morgan fingerprint density at radius 2 is 2.00 bits per heavy atom. The molecule has 7 nitrogen and oxygen atoms in total. The fraction of sp³-hybridized carbons (Fsp3) is 0.316. The lowest BCUT2D eigenvalue weighted by molar-refractivity contribution is -0.387. The lowest BCUT2D eigenvalue weighted by atomic mass is 10.1. The van der Waals surface area contributed by atoms with Gasteiger partial charge in [-0.1, -0.05) is 29.5 Å². The van der Waals surface area contributed by atoms with Gasteiger partial charge in [-0.3, -0.25) is 14.9 Å². The SMILES string of the molecule is Cc1ccc(Sc2ccc(C(=O)NCC3CNCC3O)cc2[N+](=O)[O-])cc1.Cl. The van der Waals surface area contributed by atoms with Gasteiger partial charge >= 0.3 is 0 Å². The van der Waals surface area contributed by atoms with Crippen LogP contribution in [0, 0.1) is 23.0 Å². The molecule has 3 N–H and O–H groups in total. The van der Waals surface area contributed by atoms with E-state index < -0.39 is 11.0 Å². The van der Waals surface area contributed by atoms with E-state index in [2.05, 4.69) is 10.6 Å². The van der Waals surface area contributed by atoms with Gasteiger partial charge in [0.1, 0.15) is 0 Å². The lowest BCUT2D eigenvalue weighted by Gasteiger charge is -2.14. The summed E-state index contributed by atoms with van der Waals surface area (Å²) in [5.74, 6) is -0.440. The number of hydrogen-bond donors (Lipinski definition) is 3. The Morgan fingerprint density at radius 1 is 1.29 bits per heavy atom. The van der Waals surface area contributed by atoms with Gasteiger partial charge < -0.3 is 15.7 Å². The summed E-state index contributed by atoms with van der Waals surface area (Å²) >= 11 is 1.29. The van der Waals surface area contributed by atoms with Crippen LogP contribution in [0.15, 0.2) is 52.3 Å². The Bertz CT molecular complexity index is 848. The molecule has 1 amide bonds. The molecule has 0 aliphatic carbocycles. The van der Waals surface area contributed by atoms with Crippen LogP contribution in [-0.4, -0.2) is 41.7 Å². The Morgan fingerprint density at radius 3 is 2.61 bits per heavy atom. The smallest absolute Gasteiger partial charge is 0.284 e. The monoisotopic (exact) mass is 423 g/mol. The molecular weight excluding hydrogens is 402 g/mol. The minimum atomic E-state index is -0.493. The number of aryl methyl sites for hydroxylation is 1. The first-order valence-electron chi connectivity index (χ1n) is 8.64. The van der Waals surface area contributed by atoms with Crippen molar-refractivity contribution in [2.24, 2.45) is 5.92 Å². The third kappa shape index (κ3) is 5.45. The summed E-state index contributed by atoms with van der Waals surface area (Å²) in [6.45, 7) is 3.44. The number of carbonyl (C=O) groups excluding carboxylic acids is 1. The standard InChI is InChI=1S/C19H21N3O4S.ClH/c1-12-2-5-15(6-3-12)27-18-7-4-13(8-16(18)22(25)26)19(24)21-10-14-9-20-11-17(14)23;/h2-8,14,17,20,23H,9-11H2,1H3,(H,21,24);1H. The first-order valence-corrected chi connectivity index (χ1v) is 9.45. The first-order chi connectivity index (χ1) is 12.9. The van der Waals surface area contributed by atoms with Crippen molar-refractivity contribution in [2.75, 3.05) is 19.6 Å². The maximum Gasteiger partial charge on any atom is 0.284 e. The number of benzene rings is 2. The molecule has 2 aromatic carbocycles. The van der Waals surface area contributed by atoms with Crippen LogP contribution in [-0.2, 0) is 0 Å². The van der Waals surface area contributed by atoms with Crippen LogP contribution < -0.4 is 10.6 Å². The van der Waals surface area contributed by atoms with Crippen LogP contribution in [0.2, 0.25) is 0 Å². The summed E-state index contributed by atoms with van der Waals surface area (Å²) in [6, 6.07) is 12.2. The van der Waals surface area contributed by atoms with E-state index >= 15 is 0 Å². The average molecular weight is 424 g/mol. The predicted octanol–water partition coefficient (Wildman–Crippen LogP) is 2.79. The molecule has 1 aliphatic heterocycles. The topological polar surface area (TPSA) is 104 Å². The molecule has 2 aromatic rings. The fourth-order valence-corrected chi connectivity index (χ4v) is 3.77. The number of amides is 1. The molecule has 9 heteroatoms. The molecule has 0 saturated carbocycles. The zero-order valence-electron chi connectivity index (χ0n) is 15.3. The maximum absolute atomic E-state index is 12.3. The number of rotatable bonds is 6. The second kappa shape index (κ2) is 9.88. The second-order valence-corrected chi connectivity index (χ2v) is 7.67. The van der Waals surface area contributed by atoms with Gasteiger partial charge in [0, 0.05) is 42.1 Å². The summed E-state index contributed by atoms with van der Waals surface area (Å²) in [5.41, 5.74) is 1.25. The number of aliphatic hydroxyl groups excluding tert-OH is 1. The van der Waals surface area contributed by atoms with Gasteiger partial charge in [0.2, 0.25) is 0 Å². The number of nitrogens with one attached hydrogen (secondary N) is 2. The van der Waals surface area contributed by atoms with Crippen LogP contribution in [0.5, 0.6) is 0 Å². The Labute approximate surface area is 173 Å². The van der Waals surface area contributed by atoms with E-state index in [9.17, 15) is 20.0 Å². The Hall–Kier alpha value is -2.13. The minimum absolute atomic E-state index is 0. The summed E-state index contributed by atoms with van der Waals surface area (Å²) in [4.78, 5) is 24.7. The molecule has 1 saturated heterocycles. The van der Waals surface area contributed by atoms with E-state index in [0.29, 0.717) is 24.5 Å². The number of halogens is 1. The summed E-state index contributed by atoms with van der Waals surface area (Å²) in [5, 5.41) is 27.0. The molecule has 150 valence electrons. The van der Waals surface area contributed by atoms with Crippen LogP contribution >= 0.6 is 24.2 Å². The van der Waals surface area contributed by atoms with E-state index in [-0.39, 0.29) is 35.5 Å². The zero-order valence-corrected chi connectivity index (χ0v) is 16.9. The van der Waals surface area contributed by atoms with E-state index in [4.69, 9.17) is 0 Å². The summed E-state index contributed by atoms with van der Waals surface area (Å²) in [7, 11) is 0. The molecule has 28 heavy (non-hydrogen) atoms. The van der Waals surface area contributed by atoms with Crippen LogP contribution in [0.4, 0.5) is 5.69 Å². The molecule has 0 radical (unpaired) electrons. The highest BCUT2D eigenvalue weighted by Gasteiger charge is 2.25. The zero-order chi connectivity index (χ0) is 19.4. The number of hydrogen-bond acceptors (Lipinski definition) is 6. The van der Waals surface area contributed by atoms with Crippen LogP contribution in [0.25, 0.3) is 0 Å². The van der Waals surface area contributed by atoms with Crippen LogP contribution in [0.3, 0.4) is 0 Å². The van der Waals surface area contributed by atoms with Crippen molar-refractivity contribution in [3.8, 4) is 0 Å². The second-order valence-electron chi connectivity index (χ2n) is 6.55. The number of nitrogens with zero attached hydrogens (tertiary/aromatic N) is 1. The molecule has 0 spiro atoms. The van der Waals surface area contributed by atoms with Crippen LogP contribution in [0.1, 0.15) is 15.9 Å². The third-order valence-corrected chi connectivity index (χ3v) is 5.57. The molecular formula is C19H22ClN3O4S. The Kier molecular flexibility index (Phi) is 7.82. The van der Waals surface area contributed by atoms with Gasteiger partial charge in [-0.05, 0) is 31.2 Å². The first kappa shape index (κ1) is 22.2. The summed E-state index contributed by atoms with van der Waals surface area (Å²) in [6.07, 6.45) is -0.493. The largest absolute Gasteiger partial charge is 0.391 e. The minimum Gasteiger partial charge on any atom is -0.391 e. The van der Waals surface area contributed by atoms with Crippen molar-refractivity contribution < 1.29 is 14.8 Å². The lowest BCUT2D eigenvalue weighted by Crippen LogP contribution is -2.34. The average Bonchev–Trinajstić information content (AvgIpc) is 3.06. The van der Waals surface area contributed by atoms with Gasteiger partial charge in [-0.2, -0.15) is 0 Å². The summed E-state index contributed by atoms with van der Waals surface area (Å²) < 4.78 is 0. The molecule has 0 aromatic heterocycles. The van der Waals surface area contributed by atoms with E-state index in [1.807, 2.05) is 31.2 Å². The highest BCUT2D eigenvalue weighted by atomic mass is 35.5. The van der Waals surface area contributed by atoms with E-state index in [1.165, 1.54) is 17.8 Å². The van der Waals surface area contributed by atoms with Gasteiger partial charge in [0.15, 0.2) is 0 Å². The highest BCUT2D eigenvalue weighted by molar-refractivity contribution is 7.99. The molecule has 1 aliphatic rings. The molecule has 2 unspecified atom stereocenters. The molecule has 3 rings (SSSR count). The van der Waals surface area contributed by atoms with Crippen molar-refractivity contribution in [2.45, 2.75) is 22.8 Å². The van der Waals surface area contributed by atoms with Gasteiger partial charge in [-0.25, -0.2) is 0 Å². The van der Waals surface area contributed by atoms with Gasteiger partial charge in [0.05, 0.1) is 15.9 Å². The fourth-order valence-electron chi connectivity index (χ4n) is 2.87. The van der Waals surface area contributed by atoms with Gasteiger partial charge in [0.25, 0.3) is 11.6 Å². The van der Waals surface area contributed by atoms with Crippen molar-refractivity contribution in [3.05, 3.63) is 63.7 Å². The number of nitro groups is 1. The highest BCUT2D eigenvalue weighted by Crippen LogP contribution is 2.35. The van der Waals surface area contributed by atoms with Crippen molar-refractivity contribution in [1.29, 1.82) is 0 Å². The molecule has 0 bridgehead atoms. The number of aliphatic hydroxyl groups is 1. The maximum atomic E-state index is 12.3. The van der Waals surface area contributed by atoms with Crippen molar-refractivity contribution >= 4 is 35.8 Å². The molecule has 2 atom stereocenters. The third-order valence-electron chi connectivity index (χ3n) is 4.50. The van der Waals surface area contributed by atoms with Gasteiger partial charge in [-0.15, -0.1) is 12.4 Å². The van der Waals surface area contributed by atoms with E-state index in [1.54, 1.807) is 12.1 Å². The van der Waals surface area contributed by atoms with Crippen molar-refractivity contribution in [1.82, 2.24) is 10.6 Å². The van der Waals surface area contributed by atoms with Crippen molar-refractivity contribution in [3.63, 3.8) is 0 Å².